The second kappa shape index (κ2) is 7.40. The maximum atomic E-state index is 11.9. The van der Waals surface area contributed by atoms with Crippen LogP contribution in [-0.4, -0.2) is 45.1 Å². The number of anilines is 2. The van der Waals surface area contributed by atoms with Crippen LogP contribution in [0.4, 0.5) is 11.6 Å². The molecule has 0 aromatic carbocycles. The second-order valence-electron chi connectivity index (χ2n) is 8.65. The first kappa shape index (κ1) is 18.5. The Bertz CT molecular complexity index is 912. The minimum atomic E-state index is 0.0339. The SMILES string of the molecule is C[C@@H]1CC(=O)Nc2ncnc(N3CCC(c4nc(C5CC5)cn4CCN)CC3)c21. The number of aromatic nitrogens is 4. The van der Waals surface area contributed by atoms with Crippen LogP contribution in [0.2, 0.25) is 0 Å². The van der Waals surface area contributed by atoms with E-state index in [2.05, 4.69) is 37.9 Å². The monoisotopic (exact) mass is 395 g/mol. The predicted octanol–water partition coefficient (Wildman–Crippen LogP) is 2.34. The van der Waals surface area contributed by atoms with E-state index in [0.717, 1.165) is 43.9 Å². The number of fused-ring (bicyclic) bond motifs is 1. The number of imidazole rings is 1. The summed E-state index contributed by atoms with van der Waals surface area (Å²) < 4.78 is 2.29. The lowest BCUT2D eigenvalue weighted by Crippen LogP contribution is -2.36. The summed E-state index contributed by atoms with van der Waals surface area (Å²) in [6.07, 6.45) is 8.92. The van der Waals surface area contributed by atoms with Gasteiger partial charge in [-0.05, 0) is 31.6 Å². The normalized spacial score (nSPS) is 22.5. The number of nitrogens with two attached hydrogens (primary N) is 1. The summed E-state index contributed by atoms with van der Waals surface area (Å²) >= 11 is 0. The second-order valence-corrected chi connectivity index (χ2v) is 8.65. The first-order valence-electron chi connectivity index (χ1n) is 10.8. The summed E-state index contributed by atoms with van der Waals surface area (Å²) in [5, 5.41) is 2.90. The molecule has 0 spiro atoms. The standard InChI is InChI=1S/C21H29N7O/c1-13-10-17(29)26-19-18(13)21(24-12-23-19)27-7-4-15(5-8-27)20-25-16(14-2-3-14)11-28(20)9-6-22/h11-15H,2-10,22H2,1H3,(H,23,24,26,29)/t13-/m1/s1. The van der Waals surface area contributed by atoms with E-state index in [1.165, 1.54) is 24.4 Å². The van der Waals surface area contributed by atoms with Crippen molar-refractivity contribution in [2.45, 2.75) is 63.3 Å². The molecule has 1 saturated carbocycles. The first-order chi connectivity index (χ1) is 14.1. The zero-order valence-electron chi connectivity index (χ0n) is 17.0. The summed E-state index contributed by atoms with van der Waals surface area (Å²) in [6.45, 7) is 5.43. The van der Waals surface area contributed by atoms with Crippen molar-refractivity contribution in [1.29, 1.82) is 0 Å². The van der Waals surface area contributed by atoms with Gasteiger partial charge in [-0.25, -0.2) is 15.0 Å². The number of carbonyl (C=O) groups is 1. The number of nitrogens with zero attached hydrogens (tertiary/aromatic N) is 5. The number of carbonyl (C=O) groups excluding carboxylic acids is 1. The van der Waals surface area contributed by atoms with Gasteiger partial charge in [0.1, 0.15) is 23.8 Å². The van der Waals surface area contributed by atoms with Crippen LogP contribution in [0.1, 0.15) is 73.9 Å². The maximum Gasteiger partial charge on any atom is 0.226 e. The van der Waals surface area contributed by atoms with Crippen molar-refractivity contribution < 1.29 is 4.79 Å². The smallest absolute Gasteiger partial charge is 0.226 e. The van der Waals surface area contributed by atoms with Gasteiger partial charge < -0.3 is 20.5 Å². The summed E-state index contributed by atoms with van der Waals surface area (Å²) in [6, 6.07) is 0. The number of hydrogen-bond donors (Lipinski definition) is 2. The van der Waals surface area contributed by atoms with Gasteiger partial charge in [0.25, 0.3) is 0 Å². The maximum absolute atomic E-state index is 11.9. The average Bonchev–Trinajstić information content (AvgIpc) is 3.48. The fraction of sp³-hybridized carbons (Fsp3) is 0.619. The molecule has 0 bridgehead atoms. The fourth-order valence-electron chi connectivity index (χ4n) is 4.78. The zero-order valence-corrected chi connectivity index (χ0v) is 17.0. The average molecular weight is 396 g/mol. The molecule has 1 atom stereocenters. The third-order valence-corrected chi connectivity index (χ3v) is 6.46. The first-order valence-corrected chi connectivity index (χ1v) is 10.8. The van der Waals surface area contributed by atoms with Crippen LogP contribution in [0.25, 0.3) is 0 Å². The Morgan fingerprint density at radius 2 is 1.97 bits per heavy atom. The molecule has 8 nitrogen and oxygen atoms in total. The van der Waals surface area contributed by atoms with Crippen molar-refractivity contribution in [3.63, 3.8) is 0 Å². The van der Waals surface area contributed by atoms with E-state index in [9.17, 15) is 4.79 Å². The van der Waals surface area contributed by atoms with E-state index in [1.54, 1.807) is 6.33 Å². The topological polar surface area (TPSA) is 102 Å². The van der Waals surface area contributed by atoms with Crippen LogP contribution in [0.5, 0.6) is 0 Å². The molecule has 2 aromatic rings. The highest BCUT2D eigenvalue weighted by atomic mass is 16.1. The van der Waals surface area contributed by atoms with Gasteiger partial charge in [-0.1, -0.05) is 6.92 Å². The molecule has 2 aliphatic heterocycles. The Balaban J connectivity index is 1.34. The third kappa shape index (κ3) is 3.50. The van der Waals surface area contributed by atoms with E-state index < -0.39 is 0 Å². The Hall–Kier alpha value is -2.48. The van der Waals surface area contributed by atoms with Gasteiger partial charge in [0.15, 0.2) is 0 Å². The summed E-state index contributed by atoms with van der Waals surface area (Å²) in [5.41, 5.74) is 8.17. The van der Waals surface area contributed by atoms with Crippen molar-refractivity contribution in [1.82, 2.24) is 19.5 Å². The molecular formula is C21H29N7O. The van der Waals surface area contributed by atoms with Crippen LogP contribution in [0, 0.1) is 0 Å². The van der Waals surface area contributed by atoms with Crippen molar-refractivity contribution in [2.24, 2.45) is 5.73 Å². The number of amides is 1. The minimum absolute atomic E-state index is 0.0339. The summed E-state index contributed by atoms with van der Waals surface area (Å²) in [4.78, 5) is 28.1. The van der Waals surface area contributed by atoms with Crippen LogP contribution in [0.15, 0.2) is 12.5 Å². The zero-order chi connectivity index (χ0) is 20.0. The predicted molar refractivity (Wildman–Crippen MR) is 111 cm³/mol. The lowest BCUT2D eigenvalue weighted by Gasteiger charge is -2.35. The third-order valence-electron chi connectivity index (χ3n) is 6.46. The molecule has 0 radical (unpaired) electrons. The highest BCUT2D eigenvalue weighted by Gasteiger charge is 2.33. The van der Waals surface area contributed by atoms with Crippen LogP contribution in [-0.2, 0) is 11.3 Å². The Morgan fingerprint density at radius 3 is 2.69 bits per heavy atom. The molecule has 8 heteroatoms. The van der Waals surface area contributed by atoms with E-state index >= 15 is 0 Å². The number of hydrogen-bond acceptors (Lipinski definition) is 6. The summed E-state index contributed by atoms with van der Waals surface area (Å²) in [5.74, 6) is 4.15. The molecule has 154 valence electrons. The largest absolute Gasteiger partial charge is 0.356 e. The van der Waals surface area contributed by atoms with E-state index in [-0.39, 0.29) is 11.8 Å². The highest BCUT2D eigenvalue weighted by molar-refractivity contribution is 5.94. The van der Waals surface area contributed by atoms with E-state index in [4.69, 9.17) is 10.7 Å². The van der Waals surface area contributed by atoms with E-state index in [0.29, 0.717) is 30.6 Å². The molecule has 5 rings (SSSR count). The van der Waals surface area contributed by atoms with Gasteiger partial charge in [-0.3, -0.25) is 4.79 Å². The highest BCUT2D eigenvalue weighted by Crippen LogP contribution is 2.41. The Kier molecular flexibility index (Phi) is 4.73. The minimum Gasteiger partial charge on any atom is -0.356 e. The molecule has 4 heterocycles. The molecule has 2 fully saturated rings. The number of rotatable bonds is 5. The van der Waals surface area contributed by atoms with Gasteiger partial charge in [-0.15, -0.1) is 0 Å². The Labute approximate surface area is 170 Å². The number of nitrogens with one attached hydrogen (secondary N) is 1. The van der Waals surface area contributed by atoms with Crippen LogP contribution in [0.3, 0.4) is 0 Å². The van der Waals surface area contributed by atoms with Crippen molar-refractivity contribution in [3.8, 4) is 0 Å². The molecule has 0 unspecified atom stereocenters. The van der Waals surface area contributed by atoms with E-state index in [1.807, 2.05) is 0 Å². The molecule has 1 amide bonds. The Morgan fingerprint density at radius 1 is 1.17 bits per heavy atom. The van der Waals surface area contributed by atoms with Gasteiger partial charge in [-0.2, -0.15) is 0 Å². The fourth-order valence-corrected chi connectivity index (χ4v) is 4.78. The van der Waals surface area contributed by atoms with Crippen molar-refractivity contribution in [3.05, 3.63) is 29.6 Å². The molecular weight excluding hydrogens is 366 g/mol. The molecule has 1 aliphatic carbocycles. The van der Waals surface area contributed by atoms with Gasteiger partial charge in [0.2, 0.25) is 5.91 Å². The quantitative estimate of drug-likeness (QED) is 0.806. The summed E-state index contributed by atoms with van der Waals surface area (Å²) in [7, 11) is 0. The van der Waals surface area contributed by atoms with Gasteiger partial charge in [0.05, 0.1) is 5.69 Å². The van der Waals surface area contributed by atoms with Crippen LogP contribution >= 0.6 is 0 Å². The molecule has 2 aromatic heterocycles. The molecule has 3 aliphatic rings. The molecule has 3 N–H and O–H groups in total. The number of piperidine rings is 1. The molecule has 29 heavy (non-hydrogen) atoms. The van der Waals surface area contributed by atoms with Gasteiger partial charge in [0, 0.05) is 56.2 Å². The van der Waals surface area contributed by atoms with Crippen molar-refractivity contribution >= 4 is 17.5 Å². The van der Waals surface area contributed by atoms with Gasteiger partial charge >= 0.3 is 0 Å². The lowest BCUT2D eigenvalue weighted by molar-refractivity contribution is -0.116. The van der Waals surface area contributed by atoms with Crippen LogP contribution < -0.4 is 16.0 Å². The lowest BCUT2D eigenvalue weighted by atomic mass is 9.92. The molecule has 1 saturated heterocycles. The van der Waals surface area contributed by atoms with Crippen molar-refractivity contribution in [2.75, 3.05) is 29.9 Å².